The highest BCUT2D eigenvalue weighted by molar-refractivity contribution is 7.89. The van der Waals surface area contributed by atoms with E-state index in [4.69, 9.17) is 4.84 Å². The molecule has 1 amide bonds. The van der Waals surface area contributed by atoms with E-state index >= 15 is 0 Å². The molecular formula is C22H25F2N3O5S. The number of sulfonamides is 1. The number of halogens is 2. The van der Waals surface area contributed by atoms with E-state index in [1.54, 1.807) is 13.0 Å². The first kappa shape index (κ1) is 24.6. The third-order valence-electron chi connectivity index (χ3n) is 5.01. The molecule has 0 saturated carbocycles. The number of aryl methyl sites for hydroxylation is 1. The summed E-state index contributed by atoms with van der Waals surface area (Å²) in [6.45, 7) is -0.559. The van der Waals surface area contributed by atoms with Crippen molar-refractivity contribution in [3.63, 3.8) is 0 Å². The van der Waals surface area contributed by atoms with Crippen LogP contribution in [0.5, 0.6) is 5.75 Å². The Balaban J connectivity index is 1.55. The molecule has 1 N–H and O–H groups in total. The Labute approximate surface area is 191 Å². The number of nitrogens with zero attached hydrogens (tertiary/aromatic N) is 2. The van der Waals surface area contributed by atoms with Crippen molar-refractivity contribution in [2.24, 2.45) is 5.16 Å². The summed E-state index contributed by atoms with van der Waals surface area (Å²) in [6, 6.07) is 10.3. The molecule has 0 bridgehead atoms. The van der Waals surface area contributed by atoms with Crippen LogP contribution in [0.15, 0.2) is 52.5 Å². The minimum Gasteiger partial charge on any atom is -0.435 e. The van der Waals surface area contributed by atoms with Gasteiger partial charge in [0, 0.05) is 18.8 Å². The third-order valence-corrected chi connectivity index (χ3v) is 6.91. The van der Waals surface area contributed by atoms with Crippen LogP contribution in [0.3, 0.4) is 0 Å². The lowest BCUT2D eigenvalue weighted by Gasteiger charge is -2.26. The summed E-state index contributed by atoms with van der Waals surface area (Å²) in [7, 11) is -3.62. The number of nitrogens with one attached hydrogen (secondary N) is 1. The molecule has 3 rings (SSSR count). The first-order valence-electron chi connectivity index (χ1n) is 10.4. The largest absolute Gasteiger partial charge is 0.435 e. The van der Waals surface area contributed by atoms with E-state index in [1.165, 1.54) is 46.9 Å². The quantitative estimate of drug-likeness (QED) is 0.435. The number of alkyl halides is 2. The molecule has 1 aliphatic rings. The zero-order valence-corrected chi connectivity index (χ0v) is 18.9. The average molecular weight is 482 g/mol. The van der Waals surface area contributed by atoms with E-state index < -0.39 is 29.1 Å². The van der Waals surface area contributed by atoms with Gasteiger partial charge in [0.25, 0.3) is 5.91 Å². The Morgan fingerprint density at radius 1 is 1.15 bits per heavy atom. The lowest BCUT2D eigenvalue weighted by atomic mass is 10.2. The van der Waals surface area contributed by atoms with Crippen molar-refractivity contribution in [1.29, 1.82) is 0 Å². The molecule has 0 unspecified atom stereocenters. The number of anilines is 1. The van der Waals surface area contributed by atoms with Crippen molar-refractivity contribution < 1.29 is 31.6 Å². The van der Waals surface area contributed by atoms with Crippen molar-refractivity contribution in [3.05, 3.63) is 53.6 Å². The number of oxime groups is 1. The zero-order chi connectivity index (χ0) is 23.8. The van der Waals surface area contributed by atoms with Crippen molar-refractivity contribution in [2.75, 3.05) is 25.0 Å². The molecule has 1 saturated heterocycles. The van der Waals surface area contributed by atoms with Gasteiger partial charge < -0.3 is 14.9 Å². The lowest BCUT2D eigenvalue weighted by Crippen LogP contribution is -2.35. The molecule has 33 heavy (non-hydrogen) atoms. The molecule has 1 fully saturated rings. The highest BCUT2D eigenvalue weighted by Gasteiger charge is 2.26. The Hall–Kier alpha value is -3.05. The maximum absolute atomic E-state index is 12.9. The smallest absolute Gasteiger partial charge is 0.387 e. The minimum atomic E-state index is -3.62. The van der Waals surface area contributed by atoms with Gasteiger partial charge in [-0.05, 0) is 67.3 Å². The van der Waals surface area contributed by atoms with Gasteiger partial charge >= 0.3 is 6.61 Å². The van der Waals surface area contributed by atoms with Crippen molar-refractivity contribution in [3.8, 4) is 5.75 Å². The van der Waals surface area contributed by atoms with Gasteiger partial charge in [-0.25, -0.2) is 8.42 Å². The Kier molecular flexibility index (Phi) is 8.34. The number of hydrogen-bond donors (Lipinski definition) is 1. The zero-order valence-electron chi connectivity index (χ0n) is 18.0. The third kappa shape index (κ3) is 6.96. The van der Waals surface area contributed by atoms with Crippen LogP contribution in [0, 0.1) is 6.92 Å². The molecule has 0 aromatic heterocycles. The van der Waals surface area contributed by atoms with E-state index in [1.807, 2.05) is 0 Å². The van der Waals surface area contributed by atoms with Gasteiger partial charge in [0.2, 0.25) is 10.0 Å². The molecule has 1 aliphatic heterocycles. The molecular weight excluding hydrogens is 456 g/mol. The van der Waals surface area contributed by atoms with E-state index in [2.05, 4.69) is 15.2 Å². The molecule has 11 heteroatoms. The van der Waals surface area contributed by atoms with Gasteiger partial charge in [0.1, 0.15) is 5.75 Å². The first-order valence-corrected chi connectivity index (χ1v) is 11.8. The monoisotopic (exact) mass is 481 g/mol. The van der Waals surface area contributed by atoms with Gasteiger partial charge in [0.05, 0.1) is 11.1 Å². The van der Waals surface area contributed by atoms with Crippen LogP contribution in [0.25, 0.3) is 0 Å². The fourth-order valence-electron chi connectivity index (χ4n) is 3.27. The summed E-state index contributed by atoms with van der Waals surface area (Å²) in [5.41, 5.74) is 1.64. The van der Waals surface area contributed by atoms with Gasteiger partial charge in [-0.2, -0.15) is 13.1 Å². The summed E-state index contributed by atoms with van der Waals surface area (Å²) in [5, 5.41) is 6.32. The number of hydrogen-bond acceptors (Lipinski definition) is 6. The maximum atomic E-state index is 12.9. The van der Waals surface area contributed by atoms with E-state index in [-0.39, 0.29) is 10.6 Å². The highest BCUT2D eigenvalue weighted by atomic mass is 32.2. The minimum absolute atomic E-state index is 0.0161. The highest BCUT2D eigenvalue weighted by Crippen LogP contribution is 2.25. The molecule has 2 aromatic carbocycles. The number of amides is 1. The van der Waals surface area contributed by atoms with Crippen molar-refractivity contribution >= 4 is 27.8 Å². The lowest BCUT2D eigenvalue weighted by molar-refractivity contribution is -0.120. The fraction of sp³-hybridized carbons (Fsp3) is 0.364. The number of piperidine rings is 1. The average Bonchev–Trinajstić information content (AvgIpc) is 2.79. The van der Waals surface area contributed by atoms with Crippen LogP contribution >= 0.6 is 0 Å². The topological polar surface area (TPSA) is 97.3 Å². The molecule has 1 heterocycles. The molecule has 0 radical (unpaired) electrons. The van der Waals surface area contributed by atoms with Crippen LogP contribution in [0.2, 0.25) is 0 Å². The first-order chi connectivity index (χ1) is 15.8. The summed E-state index contributed by atoms with van der Waals surface area (Å²) in [4.78, 5) is 17.3. The second kappa shape index (κ2) is 11.2. The maximum Gasteiger partial charge on any atom is 0.387 e. The summed E-state index contributed by atoms with van der Waals surface area (Å²) < 4.78 is 55.8. The van der Waals surface area contributed by atoms with E-state index in [9.17, 15) is 22.0 Å². The molecule has 178 valence electrons. The Bertz CT molecular complexity index is 1090. The molecule has 8 nitrogen and oxygen atoms in total. The normalized spacial score (nSPS) is 15.0. The Morgan fingerprint density at radius 2 is 1.85 bits per heavy atom. The Morgan fingerprint density at radius 3 is 2.52 bits per heavy atom. The summed E-state index contributed by atoms with van der Waals surface area (Å²) in [5.74, 6) is -0.495. The standard InChI is InChI=1S/C22H25F2N3O5S/c1-16-5-10-19(33(29,30)27-11-3-2-4-12-27)13-20(16)26-21(28)15-31-25-14-17-6-8-18(9-7-17)32-22(23)24/h5-10,13-14,22H,2-4,11-12,15H2,1H3,(H,26,28). The van der Waals surface area contributed by atoms with Crippen molar-refractivity contribution in [1.82, 2.24) is 4.31 Å². The number of carbonyl (C=O) groups is 1. The second-order valence-corrected chi connectivity index (χ2v) is 9.38. The van der Waals surface area contributed by atoms with Crippen LogP contribution in [0.4, 0.5) is 14.5 Å². The van der Waals surface area contributed by atoms with Crippen LogP contribution < -0.4 is 10.1 Å². The fourth-order valence-corrected chi connectivity index (χ4v) is 4.81. The number of rotatable bonds is 9. The second-order valence-electron chi connectivity index (χ2n) is 7.45. The molecule has 0 aliphatic carbocycles. The van der Waals surface area contributed by atoms with Crippen LogP contribution in [-0.2, 0) is 19.7 Å². The van der Waals surface area contributed by atoms with Gasteiger partial charge in [-0.15, -0.1) is 0 Å². The van der Waals surface area contributed by atoms with Crippen molar-refractivity contribution in [2.45, 2.75) is 37.7 Å². The number of benzene rings is 2. The number of carbonyl (C=O) groups excluding carboxylic acids is 1. The van der Waals surface area contributed by atoms with Gasteiger partial charge in [-0.1, -0.05) is 17.6 Å². The van der Waals surface area contributed by atoms with Gasteiger partial charge in [0.15, 0.2) is 6.61 Å². The van der Waals surface area contributed by atoms with Crippen LogP contribution in [0.1, 0.15) is 30.4 Å². The predicted molar refractivity (Wildman–Crippen MR) is 119 cm³/mol. The molecule has 0 spiro atoms. The summed E-state index contributed by atoms with van der Waals surface area (Å²) >= 11 is 0. The molecule has 2 aromatic rings. The van der Waals surface area contributed by atoms with Crippen LogP contribution in [-0.4, -0.2) is 51.2 Å². The predicted octanol–water partition coefficient (Wildman–Crippen LogP) is 3.76. The number of ether oxygens (including phenoxy) is 1. The SMILES string of the molecule is Cc1ccc(S(=O)(=O)N2CCCCC2)cc1NC(=O)CON=Cc1ccc(OC(F)F)cc1. The van der Waals surface area contributed by atoms with E-state index in [0.29, 0.717) is 29.9 Å². The molecule has 0 atom stereocenters. The summed E-state index contributed by atoms with van der Waals surface area (Å²) in [6.07, 6.45) is 4.00. The van der Waals surface area contributed by atoms with Gasteiger partial charge in [-0.3, -0.25) is 4.79 Å². The van der Waals surface area contributed by atoms with E-state index in [0.717, 1.165) is 19.3 Å².